The van der Waals surface area contributed by atoms with Crippen LogP contribution in [0.3, 0.4) is 0 Å². The Hall–Kier alpha value is -2.44. The Morgan fingerprint density at radius 3 is 2.58 bits per heavy atom. The smallest absolute Gasteiger partial charge is 0.266 e. The lowest BCUT2D eigenvalue weighted by Gasteiger charge is -2.34. The van der Waals surface area contributed by atoms with E-state index >= 15 is 0 Å². The van der Waals surface area contributed by atoms with Crippen molar-refractivity contribution < 1.29 is 4.79 Å². The van der Waals surface area contributed by atoms with Crippen molar-refractivity contribution in [2.24, 2.45) is 11.3 Å². The van der Waals surface area contributed by atoms with Gasteiger partial charge in [-0.2, -0.15) is 0 Å². The summed E-state index contributed by atoms with van der Waals surface area (Å²) in [7, 11) is 0. The lowest BCUT2D eigenvalue weighted by atomic mass is 9.71. The highest BCUT2D eigenvalue weighted by atomic mass is 32.1. The molecule has 1 atom stereocenters. The fourth-order valence-corrected chi connectivity index (χ4v) is 6.25. The number of carbonyl (C=O) groups excluding carboxylic acids is 1. The molecule has 3 aromatic rings. The first-order chi connectivity index (χ1) is 15.8. The van der Waals surface area contributed by atoms with E-state index in [1.165, 1.54) is 34.6 Å². The Balaban J connectivity index is 1.31. The normalized spacial score (nSPS) is 19.6. The van der Waals surface area contributed by atoms with E-state index in [2.05, 4.69) is 56.0 Å². The van der Waals surface area contributed by atoms with E-state index in [-0.39, 0.29) is 11.3 Å². The van der Waals surface area contributed by atoms with Crippen LogP contribution in [0.1, 0.15) is 53.7 Å². The average molecular weight is 463 g/mol. The minimum atomic E-state index is 0.0559. The Morgan fingerprint density at radius 2 is 1.88 bits per heavy atom. The number of aromatic nitrogens is 1. The van der Waals surface area contributed by atoms with Gasteiger partial charge in [0.2, 0.25) is 0 Å². The molecule has 0 spiro atoms. The topological polar surface area (TPSA) is 62.5 Å². The fraction of sp³-hybridized carbons (Fsp3) is 0.481. The van der Waals surface area contributed by atoms with Gasteiger partial charge >= 0.3 is 0 Å². The lowest BCUT2D eigenvalue weighted by molar-refractivity contribution is 0.0634. The third-order valence-electron chi connectivity index (χ3n) is 7.41. The summed E-state index contributed by atoms with van der Waals surface area (Å²) in [5, 5.41) is 0.958. The van der Waals surface area contributed by atoms with Gasteiger partial charge in [0.25, 0.3) is 5.91 Å². The van der Waals surface area contributed by atoms with E-state index in [1.807, 2.05) is 11.0 Å². The van der Waals surface area contributed by atoms with Crippen LogP contribution in [0.15, 0.2) is 36.4 Å². The first-order valence-electron chi connectivity index (χ1n) is 12.1. The molecule has 2 N–H and O–H groups in total. The summed E-state index contributed by atoms with van der Waals surface area (Å²) in [4.78, 5) is 24.3. The summed E-state index contributed by atoms with van der Waals surface area (Å²) in [6.07, 6.45) is 3.23. The second-order valence-electron chi connectivity index (χ2n) is 10.7. The van der Waals surface area contributed by atoms with Gasteiger partial charge in [0.05, 0.1) is 5.69 Å². The molecule has 1 amide bonds. The van der Waals surface area contributed by atoms with Gasteiger partial charge in [-0.15, -0.1) is 11.3 Å². The number of nitrogens with zero attached hydrogens (tertiary/aromatic N) is 3. The van der Waals surface area contributed by atoms with Crippen LogP contribution in [0.2, 0.25) is 0 Å². The van der Waals surface area contributed by atoms with Crippen molar-refractivity contribution in [3.8, 4) is 0 Å². The molecule has 2 aromatic heterocycles. The zero-order valence-corrected chi connectivity index (χ0v) is 20.8. The second-order valence-corrected chi connectivity index (χ2v) is 11.7. The Bertz CT molecular complexity index is 1160. The van der Waals surface area contributed by atoms with Crippen molar-refractivity contribution in [2.75, 3.05) is 31.9 Å². The van der Waals surface area contributed by atoms with E-state index in [4.69, 9.17) is 10.7 Å². The van der Waals surface area contributed by atoms with Gasteiger partial charge in [0.1, 0.15) is 9.71 Å². The monoisotopic (exact) mass is 462 g/mol. The number of amides is 1. The molecule has 1 saturated heterocycles. The standard InChI is InChI=1S/C27H34N4OS/c1-27(2,3)20-9-10-22-19(15-20)16-21-23(28)24(33-25(21)29-22)26(32)31-13-11-30(12-14-31)17-18-7-5-4-6-8-18/h4-8,16,20H,9-15,17,28H2,1-3H3. The number of piperazine rings is 1. The number of aryl methyl sites for hydroxylation is 1. The number of nitrogens with two attached hydrogens (primary N) is 1. The Morgan fingerprint density at radius 1 is 1.15 bits per heavy atom. The van der Waals surface area contributed by atoms with Crippen LogP contribution in [-0.2, 0) is 19.4 Å². The van der Waals surface area contributed by atoms with Crippen molar-refractivity contribution in [1.29, 1.82) is 0 Å². The van der Waals surface area contributed by atoms with Crippen molar-refractivity contribution in [3.63, 3.8) is 0 Å². The van der Waals surface area contributed by atoms with Gasteiger partial charge in [0.15, 0.2) is 0 Å². The summed E-state index contributed by atoms with van der Waals surface area (Å²) in [6, 6.07) is 12.7. The summed E-state index contributed by atoms with van der Waals surface area (Å²) in [5.41, 5.74) is 11.3. The molecule has 1 aliphatic heterocycles. The lowest BCUT2D eigenvalue weighted by Crippen LogP contribution is -2.48. The maximum absolute atomic E-state index is 13.4. The van der Waals surface area contributed by atoms with Crippen LogP contribution in [0.5, 0.6) is 0 Å². The molecule has 5 rings (SSSR count). The van der Waals surface area contributed by atoms with E-state index in [0.29, 0.717) is 16.5 Å². The number of benzene rings is 1. The van der Waals surface area contributed by atoms with Gasteiger partial charge in [-0.3, -0.25) is 9.69 Å². The molecule has 1 aromatic carbocycles. The number of thiophene rings is 1. The van der Waals surface area contributed by atoms with Crippen LogP contribution in [-0.4, -0.2) is 46.9 Å². The number of fused-ring (bicyclic) bond motifs is 2. The highest BCUT2D eigenvalue weighted by Crippen LogP contribution is 2.40. The number of pyridine rings is 1. The van der Waals surface area contributed by atoms with E-state index < -0.39 is 0 Å². The molecule has 0 radical (unpaired) electrons. The van der Waals surface area contributed by atoms with Crippen molar-refractivity contribution in [2.45, 2.75) is 46.6 Å². The minimum absolute atomic E-state index is 0.0559. The predicted octanol–water partition coefficient (Wildman–Crippen LogP) is 4.99. The molecule has 174 valence electrons. The molecule has 6 heteroatoms. The zero-order valence-electron chi connectivity index (χ0n) is 19.9. The van der Waals surface area contributed by atoms with Gasteiger partial charge in [0, 0.05) is 43.8 Å². The maximum Gasteiger partial charge on any atom is 0.266 e. The number of hydrogen-bond acceptors (Lipinski definition) is 5. The second kappa shape index (κ2) is 8.73. The molecular formula is C27H34N4OS. The maximum atomic E-state index is 13.4. The molecule has 3 heterocycles. The van der Waals surface area contributed by atoms with Gasteiger partial charge < -0.3 is 10.6 Å². The number of nitrogen functional groups attached to an aromatic ring is 1. The Kier molecular flexibility index (Phi) is 5.91. The first kappa shape index (κ1) is 22.4. The van der Waals surface area contributed by atoms with Crippen molar-refractivity contribution >= 4 is 33.1 Å². The van der Waals surface area contributed by atoms with Crippen LogP contribution in [0, 0.1) is 11.3 Å². The summed E-state index contributed by atoms with van der Waals surface area (Å²) < 4.78 is 0. The summed E-state index contributed by atoms with van der Waals surface area (Å²) >= 11 is 1.47. The SMILES string of the molecule is CC(C)(C)C1CCc2nc3sc(C(=O)N4CCN(Cc5ccccc5)CC4)c(N)c3cc2C1. The molecular weight excluding hydrogens is 428 g/mol. The highest BCUT2D eigenvalue weighted by Gasteiger charge is 2.31. The van der Waals surface area contributed by atoms with Gasteiger partial charge in [-0.25, -0.2) is 4.98 Å². The van der Waals surface area contributed by atoms with Crippen LogP contribution in [0.4, 0.5) is 5.69 Å². The van der Waals surface area contributed by atoms with Crippen LogP contribution < -0.4 is 5.73 Å². The van der Waals surface area contributed by atoms with E-state index in [0.717, 1.165) is 55.8 Å². The largest absolute Gasteiger partial charge is 0.397 e. The van der Waals surface area contributed by atoms with Crippen molar-refractivity contribution in [1.82, 2.24) is 14.8 Å². The molecule has 1 fully saturated rings. The van der Waals surface area contributed by atoms with Crippen LogP contribution >= 0.6 is 11.3 Å². The molecule has 0 bridgehead atoms. The van der Waals surface area contributed by atoms with Crippen molar-refractivity contribution in [3.05, 3.63) is 58.1 Å². The highest BCUT2D eigenvalue weighted by molar-refractivity contribution is 7.21. The average Bonchev–Trinajstić information content (AvgIpc) is 3.12. The number of carbonyl (C=O) groups is 1. The Labute approximate surface area is 200 Å². The molecule has 0 saturated carbocycles. The van der Waals surface area contributed by atoms with Crippen LogP contribution in [0.25, 0.3) is 10.2 Å². The molecule has 2 aliphatic rings. The molecule has 1 aliphatic carbocycles. The number of anilines is 1. The molecule has 1 unspecified atom stereocenters. The predicted molar refractivity (Wildman–Crippen MR) is 137 cm³/mol. The van der Waals surface area contributed by atoms with E-state index in [1.54, 1.807) is 0 Å². The van der Waals surface area contributed by atoms with Gasteiger partial charge in [-0.05, 0) is 47.8 Å². The van der Waals surface area contributed by atoms with E-state index in [9.17, 15) is 4.79 Å². The summed E-state index contributed by atoms with van der Waals surface area (Å²) in [5.74, 6) is 0.706. The third kappa shape index (κ3) is 4.51. The zero-order chi connectivity index (χ0) is 23.2. The quantitative estimate of drug-likeness (QED) is 0.596. The first-order valence-corrected chi connectivity index (χ1v) is 12.9. The molecule has 33 heavy (non-hydrogen) atoms. The third-order valence-corrected chi connectivity index (χ3v) is 8.52. The summed E-state index contributed by atoms with van der Waals surface area (Å²) in [6.45, 7) is 11.1. The number of rotatable bonds is 3. The minimum Gasteiger partial charge on any atom is -0.397 e. The molecule has 5 nitrogen and oxygen atoms in total. The number of hydrogen-bond donors (Lipinski definition) is 1. The van der Waals surface area contributed by atoms with Gasteiger partial charge in [-0.1, -0.05) is 51.1 Å². The fourth-order valence-electron chi connectivity index (χ4n) is 5.18.